The fraction of sp³-hybridized carbons (Fsp3) is 0.273. The molecule has 182 valence electrons. The number of hydroxylamine groups is 1. The minimum absolute atomic E-state index is 0.0451. The number of aryl methyl sites for hydroxylation is 1. The summed E-state index contributed by atoms with van der Waals surface area (Å²) in [5.41, 5.74) is 1.57. The minimum Gasteiger partial charge on any atom is -0.457 e. The number of nitrogens with one attached hydrogen (secondary N) is 2. The number of imidazole rings is 1. The van der Waals surface area contributed by atoms with E-state index >= 15 is 0 Å². The van der Waals surface area contributed by atoms with Crippen molar-refractivity contribution in [3.05, 3.63) is 71.2 Å². The third kappa shape index (κ3) is 6.60. The number of amides is 1. The zero-order chi connectivity index (χ0) is 24.9. The molecule has 9 nitrogen and oxygen atoms in total. The van der Waals surface area contributed by atoms with Crippen molar-refractivity contribution in [2.45, 2.75) is 35.3 Å². The van der Waals surface area contributed by atoms with Gasteiger partial charge in [0.15, 0.2) is 0 Å². The Bertz CT molecular complexity index is 1230. The molecule has 2 aromatic carbocycles. The molecule has 0 bridgehead atoms. The van der Waals surface area contributed by atoms with Gasteiger partial charge in [0, 0.05) is 28.7 Å². The third-order valence-corrected chi connectivity index (χ3v) is 8.37. The summed E-state index contributed by atoms with van der Waals surface area (Å²) in [5.74, 6) is 1.40. The van der Waals surface area contributed by atoms with Crippen molar-refractivity contribution < 1.29 is 23.2 Å². The van der Waals surface area contributed by atoms with Gasteiger partial charge in [-0.05, 0) is 62.4 Å². The number of carbonyl (C=O) groups is 1. The smallest absolute Gasteiger partial charge is 0.262 e. The Kier molecular flexibility index (Phi) is 8.42. The second-order valence-corrected chi connectivity index (χ2v) is 12.2. The van der Waals surface area contributed by atoms with Gasteiger partial charge in [-0.15, -0.1) is 11.8 Å². The maximum atomic E-state index is 13.1. The zero-order valence-electron chi connectivity index (χ0n) is 18.7. The van der Waals surface area contributed by atoms with Crippen LogP contribution in [0.15, 0.2) is 70.3 Å². The maximum Gasteiger partial charge on any atom is 0.262 e. The fourth-order valence-corrected chi connectivity index (χ4v) is 5.79. The van der Waals surface area contributed by atoms with Crippen LogP contribution in [-0.4, -0.2) is 39.9 Å². The molecule has 0 fully saturated rings. The van der Waals surface area contributed by atoms with Crippen LogP contribution in [0.2, 0.25) is 0 Å². The predicted molar refractivity (Wildman–Crippen MR) is 133 cm³/mol. The number of sulfonamides is 1. The van der Waals surface area contributed by atoms with Crippen LogP contribution >= 0.6 is 27.7 Å². The molecule has 0 saturated heterocycles. The van der Waals surface area contributed by atoms with E-state index in [1.54, 1.807) is 43.9 Å². The highest BCUT2D eigenvalue weighted by Gasteiger charge is 2.39. The van der Waals surface area contributed by atoms with Gasteiger partial charge >= 0.3 is 0 Å². The number of rotatable bonds is 10. The number of hydrogen-bond donors (Lipinski definition) is 3. The lowest BCUT2D eigenvalue weighted by atomic mass is 10.0. The Labute approximate surface area is 211 Å². The topological polar surface area (TPSA) is 123 Å². The molecular formula is C22H25BrN4O5S2. The van der Waals surface area contributed by atoms with Crippen LogP contribution in [0.1, 0.15) is 19.7 Å². The van der Waals surface area contributed by atoms with E-state index in [0.29, 0.717) is 17.3 Å². The summed E-state index contributed by atoms with van der Waals surface area (Å²) in [6.45, 7) is 3.44. The molecule has 0 aliphatic heterocycles. The lowest BCUT2D eigenvalue weighted by Crippen LogP contribution is -2.55. The van der Waals surface area contributed by atoms with Crippen molar-refractivity contribution in [2.75, 3.05) is 0 Å². The summed E-state index contributed by atoms with van der Waals surface area (Å²) >= 11 is 4.69. The predicted octanol–water partition coefficient (Wildman–Crippen LogP) is 3.84. The lowest BCUT2D eigenvalue weighted by Gasteiger charge is -2.32. The first-order valence-electron chi connectivity index (χ1n) is 10.1. The van der Waals surface area contributed by atoms with Gasteiger partial charge in [-0.3, -0.25) is 10.0 Å². The normalized spacial score (nSPS) is 12.9. The van der Waals surface area contributed by atoms with Crippen LogP contribution in [0.25, 0.3) is 0 Å². The number of ether oxygens (including phenoxy) is 1. The third-order valence-electron chi connectivity index (χ3n) is 5.02. The quantitative estimate of drug-likeness (QED) is 0.251. The molecule has 3 aromatic rings. The largest absolute Gasteiger partial charge is 0.457 e. The highest BCUT2D eigenvalue weighted by Crippen LogP contribution is 2.32. The van der Waals surface area contributed by atoms with Gasteiger partial charge in [-0.2, -0.15) is 4.72 Å². The molecule has 3 N–H and O–H groups in total. The van der Waals surface area contributed by atoms with E-state index in [0.717, 1.165) is 10.3 Å². The second kappa shape index (κ2) is 10.9. The molecule has 1 amide bonds. The Hall–Kier alpha value is -2.38. The standard InChI is InChI=1S/C22H25BrN4O5S2/c1-22(2,33-14-19-24-12-13-27(19)3)20(21(28)25-29)26-34(30,31)18-10-8-17(9-11-18)32-16-6-4-15(23)5-7-16/h4-13,20,26,29H,14H2,1-3H3,(H,25,28). The molecule has 1 atom stereocenters. The number of aromatic nitrogens is 2. The average Bonchev–Trinajstić information content (AvgIpc) is 3.22. The Morgan fingerprint density at radius 2 is 1.76 bits per heavy atom. The first-order valence-corrected chi connectivity index (χ1v) is 13.4. The van der Waals surface area contributed by atoms with Gasteiger partial charge in [0.1, 0.15) is 23.4 Å². The van der Waals surface area contributed by atoms with E-state index in [9.17, 15) is 18.4 Å². The molecule has 1 unspecified atom stereocenters. The second-order valence-electron chi connectivity index (χ2n) is 7.90. The van der Waals surface area contributed by atoms with Crippen LogP contribution in [0.3, 0.4) is 0 Å². The van der Waals surface area contributed by atoms with E-state index < -0.39 is 26.7 Å². The number of hydrogen-bond acceptors (Lipinski definition) is 7. The Morgan fingerprint density at radius 1 is 1.18 bits per heavy atom. The number of nitrogens with zero attached hydrogens (tertiary/aromatic N) is 2. The monoisotopic (exact) mass is 568 g/mol. The van der Waals surface area contributed by atoms with Crippen molar-refractivity contribution in [3.8, 4) is 11.5 Å². The maximum absolute atomic E-state index is 13.1. The van der Waals surface area contributed by atoms with Gasteiger partial charge in [-0.1, -0.05) is 15.9 Å². The van der Waals surface area contributed by atoms with E-state index in [4.69, 9.17) is 4.74 Å². The van der Waals surface area contributed by atoms with Gasteiger partial charge in [0.05, 0.1) is 10.6 Å². The molecule has 0 aliphatic carbocycles. The summed E-state index contributed by atoms with van der Waals surface area (Å²) in [4.78, 5) is 16.6. The van der Waals surface area contributed by atoms with E-state index in [-0.39, 0.29) is 4.90 Å². The highest BCUT2D eigenvalue weighted by molar-refractivity contribution is 9.10. The number of benzene rings is 2. The number of carbonyl (C=O) groups excluding carboxylic acids is 1. The highest BCUT2D eigenvalue weighted by atomic mass is 79.9. The molecule has 3 rings (SSSR count). The lowest BCUT2D eigenvalue weighted by molar-refractivity contribution is -0.131. The molecule has 34 heavy (non-hydrogen) atoms. The van der Waals surface area contributed by atoms with Gasteiger partial charge in [0.2, 0.25) is 10.0 Å². The van der Waals surface area contributed by atoms with Crippen LogP contribution in [0.5, 0.6) is 11.5 Å². The fourth-order valence-electron chi connectivity index (χ4n) is 2.99. The zero-order valence-corrected chi connectivity index (χ0v) is 21.9. The van der Waals surface area contributed by atoms with E-state index in [2.05, 4.69) is 25.6 Å². The summed E-state index contributed by atoms with van der Waals surface area (Å²) in [6, 6.07) is 11.8. The summed E-state index contributed by atoms with van der Waals surface area (Å²) in [6.07, 6.45) is 3.46. The molecule has 12 heteroatoms. The molecular weight excluding hydrogens is 544 g/mol. The van der Waals surface area contributed by atoms with E-state index in [1.807, 2.05) is 23.7 Å². The first-order chi connectivity index (χ1) is 16.0. The molecule has 0 aliphatic rings. The molecule has 0 radical (unpaired) electrons. The van der Waals surface area contributed by atoms with Gasteiger partial charge < -0.3 is 9.30 Å². The van der Waals surface area contributed by atoms with Gasteiger partial charge in [-0.25, -0.2) is 18.9 Å². The average molecular weight is 570 g/mol. The van der Waals surface area contributed by atoms with E-state index in [1.165, 1.54) is 36.0 Å². The van der Waals surface area contributed by atoms with Crippen LogP contribution in [-0.2, 0) is 27.6 Å². The van der Waals surface area contributed by atoms with Crippen molar-refractivity contribution in [1.29, 1.82) is 0 Å². The summed E-state index contributed by atoms with van der Waals surface area (Å²) < 4.78 is 36.1. The number of thioether (sulfide) groups is 1. The van der Waals surface area contributed by atoms with Crippen LogP contribution in [0, 0.1) is 0 Å². The van der Waals surface area contributed by atoms with Crippen molar-refractivity contribution in [3.63, 3.8) is 0 Å². The summed E-state index contributed by atoms with van der Waals surface area (Å²) in [7, 11) is -2.24. The summed E-state index contributed by atoms with van der Waals surface area (Å²) in [5, 5.41) is 9.25. The molecule has 0 saturated carbocycles. The molecule has 1 aromatic heterocycles. The Balaban J connectivity index is 1.75. The minimum atomic E-state index is -4.09. The van der Waals surface area contributed by atoms with Crippen LogP contribution < -0.4 is 14.9 Å². The number of halogens is 1. The Morgan fingerprint density at radius 3 is 2.29 bits per heavy atom. The SMILES string of the molecule is Cn1ccnc1CSC(C)(C)C(NS(=O)(=O)c1ccc(Oc2ccc(Br)cc2)cc1)C(=O)NO. The first kappa shape index (κ1) is 26.2. The van der Waals surface area contributed by atoms with Gasteiger partial charge in [0.25, 0.3) is 5.91 Å². The molecule has 1 heterocycles. The van der Waals surface area contributed by atoms with Crippen molar-refractivity contribution >= 4 is 43.6 Å². The molecule has 0 spiro atoms. The van der Waals surface area contributed by atoms with Crippen molar-refractivity contribution in [1.82, 2.24) is 19.8 Å². The van der Waals surface area contributed by atoms with Crippen LogP contribution in [0.4, 0.5) is 0 Å². The van der Waals surface area contributed by atoms with Crippen molar-refractivity contribution in [2.24, 2.45) is 7.05 Å².